The number of thiazole rings is 1. The second-order valence-corrected chi connectivity index (χ2v) is 7.78. The van der Waals surface area contributed by atoms with Crippen molar-refractivity contribution in [2.75, 3.05) is 26.3 Å². The summed E-state index contributed by atoms with van der Waals surface area (Å²) in [7, 11) is 0. The van der Waals surface area contributed by atoms with E-state index in [1.54, 1.807) is 11.3 Å². The minimum atomic E-state index is 0.0272. The normalized spacial score (nSPS) is 14.3. The van der Waals surface area contributed by atoms with Gasteiger partial charge in [-0.05, 0) is 6.07 Å². The van der Waals surface area contributed by atoms with Crippen molar-refractivity contribution in [3.05, 3.63) is 71.9 Å². The zero-order valence-corrected chi connectivity index (χ0v) is 16.6. The molecule has 2 aromatic heterocycles. The molecule has 3 heterocycles. The lowest BCUT2D eigenvalue weighted by atomic mass is 10.00. The minimum absolute atomic E-state index is 0.0272. The van der Waals surface area contributed by atoms with Crippen molar-refractivity contribution in [1.29, 1.82) is 0 Å². The van der Waals surface area contributed by atoms with Crippen molar-refractivity contribution in [2.24, 2.45) is 0 Å². The van der Waals surface area contributed by atoms with Crippen LogP contribution in [-0.2, 0) is 4.74 Å². The first kappa shape index (κ1) is 18.0. The van der Waals surface area contributed by atoms with Gasteiger partial charge in [0.25, 0.3) is 5.91 Å². The highest BCUT2D eigenvalue weighted by molar-refractivity contribution is 7.13. The standard InChI is InChI=1S/C23H19N3O2S/c27-23(26-9-11-28-12-10-26)19-13-20(16-5-2-1-3-6-16)25-22-17(19)7-4-8-18(22)21-14-24-15-29-21/h1-8,13-15H,9-12H2. The van der Waals surface area contributed by atoms with Crippen LogP contribution in [0, 0.1) is 0 Å². The van der Waals surface area contributed by atoms with Gasteiger partial charge >= 0.3 is 0 Å². The van der Waals surface area contributed by atoms with Crippen LogP contribution in [-0.4, -0.2) is 47.1 Å². The van der Waals surface area contributed by atoms with Gasteiger partial charge in [0.05, 0.1) is 40.4 Å². The fourth-order valence-electron chi connectivity index (χ4n) is 3.67. The average molecular weight is 401 g/mol. The summed E-state index contributed by atoms with van der Waals surface area (Å²) in [5.74, 6) is 0.0272. The first-order chi connectivity index (χ1) is 14.3. The third-order valence-electron chi connectivity index (χ3n) is 5.14. The molecule has 0 spiro atoms. The van der Waals surface area contributed by atoms with Crippen LogP contribution in [0.5, 0.6) is 0 Å². The van der Waals surface area contributed by atoms with E-state index in [4.69, 9.17) is 9.72 Å². The van der Waals surface area contributed by atoms with Crippen LogP contribution < -0.4 is 0 Å². The summed E-state index contributed by atoms with van der Waals surface area (Å²) in [4.78, 5) is 25.5. The highest BCUT2D eigenvalue weighted by atomic mass is 32.1. The molecule has 0 radical (unpaired) electrons. The van der Waals surface area contributed by atoms with E-state index in [2.05, 4.69) is 4.98 Å². The van der Waals surface area contributed by atoms with Crippen molar-refractivity contribution < 1.29 is 9.53 Å². The number of carbonyl (C=O) groups excluding carboxylic acids is 1. The molecule has 29 heavy (non-hydrogen) atoms. The van der Waals surface area contributed by atoms with E-state index in [0.717, 1.165) is 32.6 Å². The van der Waals surface area contributed by atoms with Crippen LogP contribution in [0.25, 0.3) is 32.6 Å². The molecule has 0 unspecified atom stereocenters. The first-order valence-electron chi connectivity index (χ1n) is 9.56. The highest BCUT2D eigenvalue weighted by Crippen LogP contribution is 2.34. The second-order valence-electron chi connectivity index (χ2n) is 6.89. The van der Waals surface area contributed by atoms with Crippen LogP contribution in [0.2, 0.25) is 0 Å². The Kier molecular flexibility index (Phi) is 4.79. The summed E-state index contributed by atoms with van der Waals surface area (Å²) in [6, 6.07) is 17.9. The molecule has 144 valence electrons. The average Bonchev–Trinajstić information content (AvgIpc) is 3.33. The zero-order valence-electron chi connectivity index (χ0n) is 15.7. The molecule has 5 nitrogen and oxygen atoms in total. The number of hydrogen-bond acceptors (Lipinski definition) is 5. The van der Waals surface area contributed by atoms with E-state index >= 15 is 0 Å². The molecular weight excluding hydrogens is 382 g/mol. The van der Waals surface area contributed by atoms with Crippen molar-refractivity contribution in [2.45, 2.75) is 0 Å². The van der Waals surface area contributed by atoms with Gasteiger partial charge in [-0.1, -0.05) is 48.5 Å². The SMILES string of the molecule is O=C(c1cc(-c2ccccc2)nc2c(-c3cncs3)cccc12)N1CCOCC1. The van der Waals surface area contributed by atoms with E-state index in [-0.39, 0.29) is 5.91 Å². The largest absolute Gasteiger partial charge is 0.378 e. The Labute approximate surface area is 172 Å². The molecule has 5 rings (SSSR count). The van der Waals surface area contributed by atoms with E-state index < -0.39 is 0 Å². The number of pyridine rings is 1. The molecule has 1 aliphatic rings. The number of amides is 1. The summed E-state index contributed by atoms with van der Waals surface area (Å²) >= 11 is 1.57. The molecule has 1 saturated heterocycles. The predicted octanol–water partition coefficient (Wildman–Crippen LogP) is 4.50. The quantitative estimate of drug-likeness (QED) is 0.507. The lowest BCUT2D eigenvalue weighted by Gasteiger charge is -2.27. The maximum atomic E-state index is 13.4. The van der Waals surface area contributed by atoms with Crippen LogP contribution in [0.1, 0.15) is 10.4 Å². The van der Waals surface area contributed by atoms with Gasteiger partial charge in [0, 0.05) is 35.8 Å². The molecule has 0 N–H and O–H groups in total. The molecule has 4 aromatic rings. The third-order valence-corrected chi connectivity index (χ3v) is 5.94. The van der Waals surface area contributed by atoms with Gasteiger partial charge in [-0.25, -0.2) is 4.98 Å². The van der Waals surface area contributed by atoms with Crippen molar-refractivity contribution >= 4 is 28.1 Å². The Morgan fingerprint density at radius 1 is 1.03 bits per heavy atom. The summed E-state index contributed by atoms with van der Waals surface area (Å²) in [6.07, 6.45) is 1.85. The van der Waals surface area contributed by atoms with Gasteiger partial charge in [0.15, 0.2) is 0 Å². The van der Waals surface area contributed by atoms with E-state index in [0.29, 0.717) is 31.9 Å². The molecule has 1 fully saturated rings. The van der Waals surface area contributed by atoms with Crippen LogP contribution in [0.4, 0.5) is 0 Å². The summed E-state index contributed by atoms with van der Waals surface area (Å²) in [6.45, 7) is 2.37. The summed E-state index contributed by atoms with van der Waals surface area (Å²) in [5.41, 5.74) is 6.11. The minimum Gasteiger partial charge on any atom is -0.378 e. The zero-order chi connectivity index (χ0) is 19.6. The molecule has 6 heteroatoms. The molecule has 0 atom stereocenters. The number of fused-ring (bicyclic) bond motifs is 1. The fourth-order valence-corrected chi connectivity index (χ4v) is 4.32. The van der Waals surface area contributed by atoms with Gasteiger partial charge in [-0.2, -0.15) is 0 Å². The Hall–Kier alpha value is -3.09. The maximum absolute atomic E-state index is 13.4. The molecule has 1 aliphatic heterocycles. The first-order valence-corrected chi connectivity index (χ1v) is 10.4. The lowest BCUT2D eigenvalue weighted by Crippen LogP contribution is -2.40. The number of aromatic nitrogens is 2. The Morgan fingerprint density at radius 3 is 2.62 bits per heavy atom. The van der Waals surface area contributed by atoms with E-state index in [1.807, 2.05) is 71.2 Å². The number of hydrogen-bond donors (Lipinski definition) is 0. The number of carbonyl (C=O) groups is 1. The summed E-state index contributed by atoms with van der Waals surface area (Å²) in [5, 5.41) is 0.868. The van der Waals surface area contributed by atoms with Gasteiger partial charge < -0.3 is 9.64 Å². The highest BCUT2D eigenvalue weighted by Gasteiger charge is 2.23. The van der Waals surface area contributed by atoms with Gasteiger partial charge in [-0.15, -0.1) is 11.3 Å². The van der Waals surface area contributed by atoms with Crippen molar-refractivity contribution in [3.63, 3.8) is 0 Å². The third kappa shape index (κ3) is 3.41. The van der Waals surface area contributed by atoms with Crippen molar-refractivity contribution in [1.82, 2.24) is 14.9 Å². The van der Waals surface area contributed by atoms with Crippen LogP contribution >= 0.6 is 11.3 Å². The van der Waals surface area contributed by atoms with Crippen molar-refractivity contribution in [3.8, 4) is 21.7 Å². The van der Waals surface area contributed by atoms with E-state index in [1.165, 1.54) is 0 Å². The Bertz CT molecular complexity index is 1150. The number of para-hydroxylation sites is 1. The molecular formula is C23H19N3O2S. The molecule has 1 amide bonds. The monoisotopic (exact) mass is 401 g/mol. The topological polar surface area (TPSA) is 55.3 Å². The number of benzene rings is 2. The lowest BCUT2D eigenvalue weighted by molar-refractivity contribution is 0.0304. The molecule has 2 aromatic carbocycles. The molecule has 0 saturated carbocycles. The molecule has 0 bridgehead atoms. The predicted molar refractivity (Wildman–Crippen MR) is 115 cm³/mol. The number of rotatable bonds is 3. The van der Waals surface area contributed by atoms with Gasteiger partial charge in [-0.3, -0.25) is 9.78 Å². The van der Waals surface area contributed by atoms with Crippen LogP contribution in [0.3, 0.4) is 0 Å². The maximum Gasteiger partial charge on any atom is 0.254 e. The number of nitrogens with zero attached hydrogens (tertiary/aromatic N) is 3. The van der Waals surface area contributed by atoms with Gasteiger partial charge in [0.1, 0.15) is 0 Å². The van der Waals surface area contributed by atoms with Gasteiger partial charge in [0.2, 0.25) is 0 Å². The van der Waals surface area contributed by atoms with Crippen LogP contribution in [0.15, 0.2) is 66.3 Å². The Morgan fingerprint density at radius 2 is 1.86 bits per heavy atom. The number of ether oxygens (including phenoxy) is 1. The summed E-state index contributed by atoms with van der Waals surface area (Å²) < 4.78 is 5.42. The molecule has 0 aliphatic carbocycles. The smallest absolute Gasteiger partial charge is 0.254 e. The fraction of sp³-hybridized carbons (Fsp3) is 0.174. The van der Waals surface area contributed by atoms with E-state index in [9.17, 15) is 4.79 Å². The number of morpholine rings is 1. The second kappa shape index (κ2) is 7.73. The Balaban J connectivity index is 1.74.